The quantitative estimate of drug-likeness (QED) is 0.148. The SMILES string of the molecule is Cc1cccc(-c2cn3c(=O)n([C@@H]4O[C@H](COP(=O)([O-])OP(=O)([O-])OP(=O)([O-])OP(=O)([O-])CCCC(=O)O)C5OC(Cc6ccccc6)O[C@@H]54)ccc3n2)c1. The number of carboxylic acids is 1. The fraction of sp³-hybridized carbons (Fsp3) is 0.367. The highest BCUT2D eigenvalue weighted by Gasteiger charge is 2.54. The molecule has 55 heavy (non-hydrogen) atoms. The normalized spacial score (nSPS) is 25.4. The van der Waals surface area contributed by atoms with E-state index in [4.69, 9.17) is 23.8 Å². The first-order valence-electron chi connectivity index (χ1n) is 16.2. The summed E-state index contributed by atoms with van der Waals surface area (Å²) in [6, 6.07) is 18.1. The number of phosphoric acid groups is 3. The van der Waals surface area contributed by atoms with Crippen LogP contribution in [0.1, 0.15) is 30.2 Å². The number of phosphoric ester groups is 1. The Balaban J connectivity index is 1.18. The number of ether oxygens (including phenoxy) is 3. The molecule has 0 spiro atoms. The third kappa shape index (κ3) is 10.6. The van der Waals surface area contributed by atoms with Crippen LogP contribution in [0.3, 0.4) is 0 Å². The Morgan fingerprint density at radius 3 is 2.29 bits per heavy atom. The first-order chi connectivity index (χ1) is 25.8. The molecule has 9 atom stereocenters. The number of aryl methyl sites for hydroxylation is 1. The fourth-order valence-electron chi connectivity index (χ4n) is 5.88. The van der Waals surface area contributed by atoms with Crippen LogP contribution in [-0.2, 0) is 61.1 Å². The molecule has 6 rings (SSSR count). The van der Waals surface area contributed by atoms with Crippen molar-refractivity contribution in [3.63, 3.8) is 0 Å². The van der Waals surface area contributed by atoms with Crippen molar-refractivity contribution in [2.45, 2.75) is 57.0 Å². The number of imidazole rings is 1. The van der Waals surface area contributed by atoms with Gasteiger partial charge in [0, 0.05) is 37.0 Å². The number of carbonyl (C=O) groups is 1. The minimum atomic E-state index is -6.46. The molecule has 0 amide bonds. The number of rotatable bonds is 17. The number of hydrogen-bond acceptors (Lipinski definition) is 18. The Kier molecular flexibility index (Phi) is 12.3. The molecule has 2 fully saturated rings. The minimum Gasteiger partial charge on any atom is -0.778 e. The topological polar surface area (TPSA) is 302 Å². The average molecular weight is 845 g/mol. The maximum absolute atomic E-state index is 13.8. The summed E-state index contributed by atoms with van der Waals surface area (Å²) in [4.78, 5) is 77.6. The smallest absolute Gasteiger partial charge is 0.336 e. The number of fused-ring (bicyclic) bond motifs is 2. The predicted molar refractivity (Wildman–Crippen MR) is 179 cm³/mol. The lowest BCUT2D eigenvalue weighted by Crippen LogP contribution is -2.35. The van der Waals surface area contributed by atoms with E-state index >= 15 is 0 Å². The van der Waals surface area contributed by atoms with Gasteiger partial charge in [-0.1, -0.05) is 54.1 Å². The fourth-order valence-corrected chi connectivity index (χ4v) is 11.2. The summed E-state index contributed by atoms with van der Waals surface area (Å²) in [7, 11) is -24.3. The molecule has 6 unspecified atom stereocenters. The highest BCUT2D eigenvalue weighted by Crippen LogP contribution is 2.66. The molecule has 21 nitrogen and oxygen atoms in total. The maximum atomic E-state index is 13.8. The van der Waals surface area contributed by atoms with Crippen LogP contribution >= 0.6 is 31.1 Å². The Morgan fingerprint density at radius 1 is 0.891 bits per heavy atom. The van der Waals surface area contributed by atoms with Gasteiger partial charge in [-0.05, 0) is 31.0 Å². The second-order valence-corrected chi connectivity index (χ2v) is 18.9. The van der Waals surface area contributed by atoms with Crippen molar-refractivity contribution < 1.29 is 79.4 Å². The van der Waals surface area contributed by atoms with Crippen LogP contribution in [0.2, 0.25) is 0 Å². The van der Waals surface area contributed by atoms with Crippen LogP contribution in [-0.4, -0.2) is 62.4 Å². The molecular weight excluding hydrogens is 814 g/mol. The highest BCUT2D eigenvalue weighted by atomic mass is 31.3. The van der Waals surface area contributed by atoms with Crippen LogP contribution in [0.4, 0.5) is 0 Å². The van der Waals surface area contributed by atoms with Crippen LogP contribution in [0.15, 0.2) is 77.9 Å². The third-order valence-corrected chi connectivity index (χ3v) is 14.4. The lowest BCUT2D eigenvalue weighted by atomic mass is 10.1. The zero-order chi connectivity index (χ0) is 39.8. The van der Waals surface area contributed by atoms with Crippen LogP contribution in [0.25, 0.3) is 16.9 Å². The molecule has 0 aliphatic carbocycles. The maximum Gasteiger partial charge on any atom is 0.336 e. The van der Waals surface area contributed by atoms with Gasteiger partial charge in [0.25, 0.3) is 23.5 Å². The molecular formula is C30H31N3O18P4-4. The van der Waals surface area contributed by atoms with E-state index in [0.717, 1.165) is 16.7 Å². The molecule has 2 aromatic carbocycles. The summed E-state index contributed by atoms with van der Waals surface area (Å²) in [5.41, 5.74) is 2.78. The van der Waals surface area contributed by atoms with Crippen molar-refractivity contribution in [1.29, 1.82) is 0 Å². The summed E-state index contributed by atoms with van der Waals surface area (Å²) in [5.74, 6) is -1.41. The molecule has 1 N–H and O–H groups in total. The van der Waals surface area contributed by atoms with Gasteiger partial charge in [0.1, 0.15) is 31.6 Å². The van der Waals surface area contributed by atoms with Crippen molar-refractivity contribution in [1.82, 2.24) is 14.0 Å². The molecule has 2 aromatic heterocycles. The van der Waals surface area contributed by atoms with E-state index in [1.54, 1.807) is 24.3 Å². The number of benzene rings is 2. The zero-order valence-electron chi connectivity index (χ0n) is 28.4. The monoisotopic (exact) mass is 845 g/mol. The molecule has 4 aromatic rings. The third-order valence-electron chi connectivity index (χ3n) is 8.12. The van der Waals surface area contributed by atoms with Gasteiger partial charge in [0.15, 0.2) is 12.5 Å². The van der Waals surface area contributed by atoms with E-state index in [-0.39, 0.29) is 6.42 Å². The van der Waals surface area contributed by atoms with Gasteiger partial charge in [0.2, 0.25) is 0 Å². The Labute approximate surface area is 311 Å². The largest absolute Gasteiger partial charge is 0.778 e. The summed E-state index contributed by atoms with van der Waals surface area (Å²) in [6.07, 6.45) is -4.93. The molecule has 0 bridgehead atoms. The number of carboxylic acid groups (broad SMARTS) is 1. The van der Waals surface area contributed by atoms with E-state index in [1.807, 2.05) is 43.3 Å². The molecule has 2 aliphatic heterocycles. The van der Waals surface area contributed by atoms with E-state index < -0.39 is 99.2 Å². The molecule has 2 saturated heterocycles. The summed E-state index contributed by atoms with van der Waals surface area (Å²) in [6.45, 7) is 0.899. The van der Waals surface area contributed by atoms with Gasteiger partial charge in [-0.25, -0.2) is 18.4 Å². The molecule has 0 saturated carbocycles. The zero-order valence-corrected chi connectivity index (χ0v) is 31.9. The molecule has 2 aliphatic rings. The Hall–Kier alpha value is -3.19. The van der Waals surface area contributed by atoms with Crippen LogP contribution in [0.5, 0.6) is 0 Å². The highest BCUT2D eigenvalue weighted by molar-refractivity contribution is 7.69. The van der Waals surface area contributed by atoms with Gasteiger partial charge >= 0.3 is 11.7 Å². The molecule has 4 heterocycles. The second kappa shape index (κ2) is 16.3. The van der Waals surface area contributed by atoms with E-state index in [2.05, 4.69) is 17.9 Å². The number of aromatic nitrogens is 3. The van der Waals surface area contributed by atoms with Crippen LogP contribution < -0.4 is 25.3 Å². The molecule has 25 heteroatoms. The predicted octanol–water partition coefficient (Wildman–Crippen LogP) is 1.61. The van der Waals surface area contributed by atoms with Gasteiger partial charge in [0.05, 0.1) is 12.3 Å². The van der Waals surface area contributed by atoms with Gasteiger partial charge in [-0.2, -0.15) is 0 Å². The minimum absolute atomic E-state index is 0.233. The Morgan fingerprint density at radius 2 is 1.58 bits per heavy atom. The first kappa shape index (κ1) is 41.4. The lowest BCUT2D eigenvalue weighted by Gasteiger charge is -2.36. The van der Waals surface area contributed by atoms with Crippen molar-refractivity contribution in [2.75, 3.05) is 12.8 Å². The van der Waals surface area contributed by atoms with Gasteiger partial charge < -0.3 is 48.0 Å². The van der Waals surface area contributed by atoms with Gasteiger partial charge in [-0.3, -0.25) is 31.8 Å². The summed E-state index contributed by atoms with van der Waals surface area (Å²) >= 11 is 0. The number of aliphatic carboxylic acids is 1. The molecule has 298 valence electrons. The van der Waals surface area contributed by atoms with Crippen molar-refractivity contribution >= 4 is 42.7 Å². The Bertz CT molecular complexity index is 2300. The summed E-state index contributed by atoms with van der Waals surface area (Å²) < 4.78 is 85.2. The van der Waals surface area contributed by atoms with E-state index in [9.17, 15) is 47.4 Å². The first-order valence-corrected chi connectivity index (χ1v) is 22.3. The van der Waals surface area contributed by atoms with Crippen molar-refractivity contribution in [2.24, 2.45) is 0 Å². The van der Waals surface area contributed by atoms with E-state index in [1.165, 1.54) is 21.4 Å². The summed E-state index contributed by atoms with van der Waals surface area (Å²) in [5, 5.41) is 8.60. The van der Waals surface area contributed by atoms with Crippen LogP contribution in [0, 0.1) is 6.92 Å². The van der Waals surface area contributed by atoms with Crippen molar-refractivity contribution in [3.8, 4) is 11.3 Å². The van der Waals surface area contributed by atoms with E-state index in [0.29, 0.717) is 11.3 Å². The average Bonchev–Trinajstić information content (AvgIpc) is 3.77. The molecule has 0 radical (unpaired) electrons. The lowest BCUT2D eigenvalue weighted by molar-refractivity contribution is -0.251. The second-order valence-electron chi connectivity index (χ2n) is 12.3. The van der Waals surface area contributed by atoms with Crippen molar-refractivity contribution in [3.05, 3.63) is 94.7 Å². The van der Waals surface area contributed by atoms with Gasteiger partial charge in [-0.15, -0.1) is 0 Å². The number of nitrogens with zero attached hydrogens (tertiary/aromatic N) is 3. The number of hydrogen-bond donors (Lipinski definition) is 1. The standard InChI is InChI=1S/C30H35N3O18P4/c1-19-7-5-10-21(15-19)22-17-33-24(31-22)12-13-32(30(33)36)29-28-27(47-26(48-28)16-20-8-3-2-4-9-20)23(46-29)18-45-53(39,40)50-55(43,44)51-54(41,42)49-52(37,38)14-6-11-25(34)35/h2-5,7-10,12-13,15,17,23,26-29H,6,11,14,16,18H2,1H3,(H,34,35)(H,37,38)(H,39,40)(H,41,42)(H,43,44)/p-4/t23-,26?,27?,28+,29-/m1/s1.